The molecule has 2 heteroatoms. The first kappa shape index (κ1) is 23.7. The number of allylic oxidation sites excluding steroid dienone is 6. The minimum Gasteiger partial charge on any atom is -0.377 e. The molecule has 3 aliphatic rings. The van der Waals surface area contributed by atoms with Gasteiger partial charge in [-0.05, 0) is 64.8 Å². The summed E-state index contributed by atoms with van der Waals surface area (Å²) in [5.41, 5.74) is 9.80. The van der Waals surface area contributed by atoms with Crippen molar-refractivity contribution in [3.8, 4) is 11.1 Å². The van der Waals surface area contributed by atoms with Crippen LogP contribution < -0.4 is 5.32 Å². The summed E-state index contributed by atoms with van der Waals surface area (Å²) in [6.07, 6.45) is 17.8. The maximum atomic E-state index is 3.87. The molecule has 5 aromatic rings. The molecule has 4 aromatic carbocycles. The van der Waals surface area contributed by atoms with Gasteiger partial charge in [0.25, 0.3) is 0 Å². The molecule has 1 aromatic heterocycles. The third-order valence-corrected chi connectivity index (χ3v) is 10.1. The molecular formula is C38H31NS. The lowest BCUT2D eigenvalue weighted by atomic mass is 9.65. The Bertz CT molecular complexity index is 1880. The lowest BCUT2D eigenvalue weighted by Crippen LogP contribution is -2.24. The van der Waals surface area contributed by atoms with Gasteiger partial charge in [-0.2, -0.15) is 0 Å². The average molecular weight is 534 g/mol. The van der Waals surface area contributed by atoms with Crippen LogP contribution in [0.15, 0.2) is 139 Å². The van der Waals surface area contributed by atoms with Crippen LogP contribution in [0.1, 0.15) is 42.2 Å². The molecule has 194 valence electrons. The number of benzene rings is 4. The Kier molecular flexibility index (Phi) is 5.81. The van der Waals surface area contributed by atoms with E-state index in [4.69, 9.17) is 0 Å². The molecule has 3 unspecified atom stereocenters. The Morgan fingerprint density at radius 2 is 1.32 bits per heavy atom. The zero-order valence-corrected chi connectivity index (χ0v) is 23.2. The van der Waals surface area contributed by atoms with Crippen molar-refractivity contribution in [2.24, 2.45) is 0 Å². The third kappa shape index (κ3) is 3.90. The first-order chi connectivity index (χ1) is 19.8. The fourth-order valence-corrected chi connectivity index (χ4v) is 8.21. The van der Waals surface area contributed by atoms with Crippen LogP contribution >= 0.6 is 11.3 Å². The van der Waals surface area contributed by atoms with Crippen LogP contribution in [-0.4, -0.2) is 6.04 Å². The van der Waals surface area contributed by atoms with Crippen LogP contribution in [0, 0.1) is 0 Å². The van der Waals surface area contributed by atoms with E-state index in [2.05, 4.69) is 133 Å². The van der Waals surface area contributed by atoms with E-state index in [-0.39, 0.29) is 6.04 Å². The third-order valence-electron chi connectivity index (χ3n) is 8.83. The summed E-state index contributed by atoms with van der Waals surface area (Å²) in [6.45, 7) is 0. The summed E-state index contributed by atoms with van der Waals surface area (Å²) in [4.78, 5) is 0. The monoisotopic (exact) mass is 533 g/mol. The van der Waals surface area contributed by atoms with Crippen LogP contribution in [0.2, 0.25) is 0 Å². The maximum Gasteiger partial charge on any atom is 0.0587 e. The zero-order chi connectivity index (χ0) is 26.5. The fraction of sp³-hybridized carbons (Fsp3) is 0.158. The number of anilines is 1. The summed E-state index contributed by atoms with van der Waals surface area (Å²) < 4.78 is 2.70. The number of thiophene rings is 1. The molecule has 0 saturated heterocycles. The summed E-state index contributed by atoms with van der Waals surface area (Å²) >= 11 is 1.89. The van der Waals surface area contributed by atoms with Gasteiger partial charge < -0.3 is 5.32 Å². The Morgan fingerprint density at radius 1 is 0.625 bits per heavy atom. The van der Waals surface area contributed by atoms with Gasteiger partial charge in [-0.15, -0.1) is 11.3 Å². The number of nitrogens with one attached hydrogen (secondary N) is 1. The van der Waals surface area contributed by atoms with Gasteiger partial charge in [0.1, 0.15) is 0 Å². The molecule has 40 heavy (non-hydrogen) atoms. The van der Waals surface area contributed by atoms with Gasteiger partial charge in [0, 0.05) is 33.4 Å². The molecule has 0 saturated carbocycles. The Hall–Kier alpha value is -4.14. The zero-order valence-electron chi connectivity index (χ0n) is 22.4. The smallest absolute Gasteiger partial charge is 0.0587 e. The van der Waals surface area contributed by atoms with E-state index in [9.17, 15) is 0 Å². The largest absolute Gasteiger partial charge is 0.377 e. The lowest BCUT2D eigenvalue weighted by Gasteiger charge is -2.38. The van der Waals surface area contributed by atoms with Gasteiger partial charge in [-0.25, -0.2) is 0 Å². The van der Waals surface area contributed by atoms with Gasteiger partial charge in [0.05, 0.1) is 10.4 Å². The highest BCUT2D eigenvalue weighted by Crippen LogP contribution is 2.54. The highest BCUT2D eigenvalue weighted by molar-refractivity contribution is 7.26. The molecular weight excluding hydrogens is 502 g/mol. The van der Waals surface area contributed by atoms with Crippen LogP contribution in [-0.2, 0) is 0 Å². The molecule has 1 N–H and O–H groups in total. The second kappa shape index (κ2) is 9.80. The molecule has 8 rings (SSSR count). The number of hydrogen-bond acceptors (Lipinski definition) is 2. The van der Waals surface area contributed by atoms with E-state index in [0.29, 0.717) is 11.8 Å². The van der Waals surface area contributed by atoms with Crippen molar-refractivity contribution in [2.75, 3.05) is 5.32 Å². The summed E-state index contributed by atoms with van der Waals surface area (Å²) in [5, 5.41) is 6.57. The van der Waals surface area contributed by atoms with Gasteiger partial charge in [0.2, 0.25) is 0 Å². The van der Waals surface area contributed by atoms with Crippen molar-refractivity contribution < 1.29 is 0 Å². The molecule has 0 aliphatic heterocycles. The maximum absolute atomic E-state index is 3.87. The van der Waals surface area contributed by atoms with Crippen LogP contribution in [0.25, 0.3) is 31.3 Å². The summed E-state index contributed by atoms with van der Waals surface area (Å²) in [7, 11) is 0. The predicted octanol–water partition coefficient (Wildman–Crippen LogP) is 10.5. The van der Waals surface area contributed by atoms with Crippen molar-refractivity contribution >= 4 is 37.2 Å². The molecule has 0 amide bonds. The van der Waals surface area contributed by atoms with E-state index in [1.165, 1.54) is 59.3 Å². The second-order valence-electron chi connectivity index (χ2n) is 11.1. The average Bonchev–Trinajstić information content (AvgIpc) is 3.41. The van der Waals surface area contributed by atoms with Gasteiger partial charge in [0.15, 0.2) is 0 Å². The molecule has 1 heterocycles. The Labute approximate surface area is 239 Å². The quantitative estimate of drug-likeness (QED) is 0.242. The molecule has 0 bridgehead atoms. The van der Waals surface area contributed by atoms with E-state index >= 15 is 0 Å². The van der Waals surface area contributed by atoms with E-state index < -0.39 is 0 Å². The first-order valence-corrected chi connectivity index (χ1v) is 15.3. The molecule has 0 spiro atoms. The van der Waals surface area contributed by atoms with E-state index in [0.717, 1.165) is 19.3 Å². The SMILES string of the molecule is C1=CC(C2c3ccccc3-c3ccccc3C2C2=CCC(Nc3cccc4c3sc3ccccc34)C=C2)=CCC1. The second-order valence-corrected chi connectivity index (χ2v) is 12.2. The van der Waals surface area contributed by atoms with E-state index in [1.54, 1.807) is 0 Å². The topological polar surface area (TPSA) is 12.0 Å². The summed E-state index contributed by atoms with van der Waals surface area (Å²) in [6, 6.07) is 33.8. The number of rotatable bonds is 4. The molecule has 1 nitrogen and oxygen atoms in total. The van der Waals surface area contributed by atoms with Crippen molar-refractivity contribution in [2.45, 2.75) is 37.1 Å². The predicted molar refractivity (Wildman–Crippen MR) is 172 cm³/mol. The molecule has 0 fully saturated rings. The van der Waals surface area contributed by atoms with E-state index in [1.807, 2.05) is 11.3 Å². The van der Waals surface area contributed by atoms with Crippen molar-refractivity contribution in [1.82, 2.24) is 0 Å². The van der Waals surface area contributed by atoms with Crippen LogP contribution in [0.5, 0.6) is 0 Å². The highest BCUT2D eigenvalue weighted by atomic mass is 32.1. The standard InChI is InChI=1S/C38H31NS/c1-2-11-25(12-3-1)36-31-16-6-4-13-28(31)29-14-5-7-17-32(29)37(36)26-21-23-27(24-22-26)39-34-19-10-18-33-30-15-8-9-20-35(30)40-38(33)34/h2,4-23,27,36-37,39H,1,3,24H2. The fourth-order valence-electron chi connectivity index (χ4n) is 7.03. The normalized spacial score (nSPS) is 21.6. The first-order valence-electron chi connectivity index (χ1n) is 14.4. The van der Waals surface area contributed by atoms with Crippen molar-refractivity contribution in [3.05, 3.63) is 150 Å². The Balaban J connectivity index is 1.15. The van der Waals surface area contributed by atoms with Gasteiger partial charge >= 0.3 is 0 Å². The van der Waals surface area contributed by atoms with Gasteiger partial charge in [-0.3, -0.25) is 0 Å². The van der Waals surface area contributed by atoms with Crippen molar-refractivity contribution in [3.63, 3.8) is 0 Å². The lowest BCUT2D eigenvalue weighted by molar-refractivity contribution is 0.667. The van der Waals surface area contributed by atoms with Crippen molar-refractivity contribution in [1.29, 1.82) is 0 Å². The summed E-state index contributed by atoms with van der Waals surface area (Å²) in [5.74, 6) is 0.638. The number of hydrogen-bond donors (Lipinski definition) is 1. The minimum atomic E-state index is 0.276. The molecule has 0 radical (unpaired) electrons. The highest BCUT2D eigenvalue weighted by Gasteiger charge is 2.37. The Morgan fingerprint density at radius 3 is 2.05 bits per heavy atom. The molecule has 3 aliphatic carbocycles. The molecule has 3 atom stereocenters. The van der Waals surface area contributed by atoms with Crippen LogP contribution in [0.4, 0.5) is 5.69 Å². The van der Waals surface area contributed by atoms with Crippen LogP contribution in [0.3, 0.4) is 0 Å². The number of fused-ring (bicyclic) bond motifs is 6. The van der Waals surface area contributed by atoms with Gasteiger partial charge in [-0.1, -0.05) is 115 Å². The minimum absolute atomic E-state index is 0.276.